The largest absolute Gasteiger partial charge is 0.472 e. The third-order valence-electron chi connectivity index (χ3n) is 8.64. The van der Waals surface area contributed by atoms with Crippen molar-refractivity contribution in [3.8, 4) is 5.88 Å². The molecule has 4 heterocycles. The fraction of sp³-hybridized carbons (Fsp3) is 0.190. The van der Waals surface area contributed by atoms with Crippen molar-refractivity contribution in [1.82, 2.24) is 19.8 Å². The van der Waals surface area contributed by atoms with Crippen molar-refractivity contribution in [3.63, 3.8) is 0 Å². The molecule has 0 amide bonds. The molecule has 4 aromatic carbocycles. The van der Waals surface area contributed by atoms with Crippen LogP contribution in [-0.2, 0) is 0 Å². The zero-order valence-corrected chi connectivity index (χ0v) is 31.9. The summed E-state index contributed by atoms with van der Waals surface area (Å²) in [5.74, 6) is 0.684. The molecule has 8 rings (SSSR count). The molecule has 6 nitrogen and oxygen atoms in total. The van der Waals surface area contributed by atoms with Crippen molar-refractivity contribution < 1.29 is 9.84 Å². The molecule has 2 aliphatic heterocycles. The second-order valence-electron chi connectivity index (χ2n) is 12.4. The van der Waals surface area contributed by atoms with E-state index >= 15 is 0 Å². The van der Waals surface area contributed by atoms with Crippen LogP contribution in [0.2, 0.25) is 5.15 Å². The lowest BCUT2D eigenvalue weighted by atomic mass is 9.94. The molecule has 0 unspecified atom stereocenters. The summed E-state index contributed by atoms with van der Waals surface area (Å²) < 4.78 is 7.89. The van der Waals surface area contributed by atoms with Crippen molar-refractivity contribution in [3.05, 3.63) is 194 Å². The van der Waals surface area contributed by atoms with Gasteiger partial charge in [0.05, 0.1) is 18.2 Å². The van der Waals surface area contributed by atoms with Crippen LogP contribution in [0.25, 0.3) is 0 Å². The second-order valence-corrected chi connectivity index (χ2v) is 14.6. The van der Waals surface area contributed by atoms with Crippen molar-refractivity contribution in [2.45, 2.75) is 24.3 Å². The molecular formula is C42H39Br2ClN4O2. The van der Waals surface area contributed by atoms with Gasteiger partial charge in [-0.15, -0.1) is 0 Å². The molecule has 0 atom stereocenters. The lowest BCUT2D eigenvalue weighted by Gasteiger charge is -2.44. The maximum absolute atomic E-state index is 9.52. The fourth-order valence-electron chi connectivity index (χ4n) is 6.18. The molecule has 2 aromatic heterocycles. The monoisotopic (exact) mass is 824 g/mol. The van der Waals surface area contributed by atoms with Crippen molar-refractivity contribution >= 4 is 43.5 Å². The average molecular weight is 827 g/mol. The van der Waals surface area contributed by atoms with E-state index in [1.165, 1.54) is 22.3 Å². The molecule has 1 N–H and O–H groups in total. The summed E-state index contributed by atoms with van der Waals surface area (Å²) in [6.07, 6.45) is 3.44. The number of β-amino-alcohol motifs (C(OH)–C–C–N with tert-alkyl or cyclic N) is 1. The van der Waals surface area contributed by atoms with Gasteiger partial charge in [-0.05, 0) is 72.3 Å². The average Bonchev–Trinajstić information content (AvgIpc) is 3.14. The zero-order chi connectivity index (χ0) is 35.4. The number of hydrogen-bond acceptors (Lipinski definition) is 6. The van der Waals surface area contributed by atoms with Crippen LogP contribution in [-0.4, -0.2) is 63.3 Å². The molecular weight excluding hydrogens is 788 g/mol. The van der Waals surface area contributed by atoms with Crippen LogP contribution in [0.15, 0.2) is 167 Å². The van der Waals surface area contributed by atoms with E-state index in [0.29, 0.717) is 11.0 Å². The minimum Gasteiger partial charge on any atom is -0.472 e. The minimum absolute atomic E-state index is 0.167. The van der Waals surface area contributed by atoms with Crippen molar-refractivity contribution in [1.29, 1.82) is 0 Å². The fourth-order valence-corrected chi connectivity index (χ4v) is 6.76. The molecule has 2 fully saturated rings. The van der Waals surface area contributed by atoms with E-state index in [9.17, 15) is 5.11 Å². The molecule has 6 aromatic rings. The Balaban J connectivity index is 0.000000150. The molecule has 51 heavy (non-hydrogen) atoms. The number of aliphatic hydroxyl groups is 1. The van der Waals surface area contributed by atoms with Gasteiger partial charge >= 0.3 is 0 Å². The number of halogens is 3. The van der Waals surface area contributed by atoms with Gasteiger partial charge in [0, 0.05) is 53.6 Å². The predicted molar refractivity (Wildman–Crippen MR) is 212 cm³/mol. The van der Waals surface area contributed by atoms with Gasteiger partial charge < -0.3 is 9.84 Å². The second kappa shape index (κ2) is 18.6. The number of aliphatic hydroxyl groups excluding tert-OH is 1. The molecule has 2 aliphatic rings. The summed E-state index contributed by atoms with van der Waals surface area (Å²) in [6.45, 7) is 3.31. The highest BCUT2D eigenvalue weighted by molar-refractivity contribution is 9.10. The molecule has 2 saturated heterocycles. The van der Waals surface area contributed by atoms with Crippen LogP contribution in [0.1, 0.15) is 34.3 Å². The third kappa shape index (κ3) is 10.6. The highest BCUT2D eigenvalue weighted by Gasteiger charge is 2.35. The van der Waals surface area contributed by atoms with E-state index in [4.69, 9.17) is 16.3 Å². The number of aromatic nitrogens is 2. The van der Waals surface area contributed by atoms with E-state index in [2.05, 4.69) is 161 Å². The van der Waals surface area contributed by atoms with Gasteiger partial charge in [-0.25, -0.2) is 9.97 Å². The number of hydrogen-bond donors (Lipinski definition) is 1. The van der Waals surface area contributed by atoms with Gasteiger partial charge in [0.15, 0.2) is 0 Å². The minimum atomic E-state index is -0.167. The molecule has 0 bridgehead atoms. The van der Waals surface area contributed by atoms with Crippen LogP contribution in [0, 0.1) is 0 Å². The lowest BCUT2D eigenvalue weighted by molar-refractivity contribution is -0.0160. The van der Waals surface area contributed by atoms with Crippen LogP contribution in [0.3, 0.4) is 0 Å². The zero-order valence-electron chi connectivity index (χ0n) is 27.9. The van der Waals surface area contributed by atoms with Gasteiger partial charge in [-0.1, -0.05) is 133 Å². The standard InChI is InChI=1S/C21H19BrN2O.C16H17NO.C5H3BrClN/c22-18-11-12-20(23-13-18)25-19-14-24(15-19)21(16-7-3-1-4-8-16)17-9-5-2-6-10-17;18-15-11-17(12-15)16(13-7-3-1-4-8-13)14-9-5-2-6-10-14;6-4-1-2-5(7)8-3-4/h1-13,19,21H,14-15H2;1-10,15-16,18H,11-12H2;1-3H. The van der Waals surface area contributed by atoms with E-state index in [-0.39, 0.29) is 24.3 Å². The highest BCUT2D eigenvalue weighted by Crippen LogP contribution is 2.34. The van der Waals surface area contributed by atoms with Gasteiger partial charge in [-0.2, -0.15) is 0 Å². The van der Waals surface area contributed by atoms with Gasteiger partial charge in [0.25, 0.3) is 0 Å². The number of likely N-dealkylation sites (tertiary alicyclic amines) is 2. The summed E-state index contributed by atoms with van der Waals surface area (Å²) in [6, 6.07) is 50.2. The van der Waals surface area contributed by atoms with Gasteiger partial charge in [-0.3, -0.25) is 9.80 Å². The smallest absolute Gasteiger partial charge is 0.213 e. The first-order valence-corrected chi connectivity index (χ1v) is 18.8. The maximum Gasteiger partial charge on any atom is 0.213 e. The summed E-state index contributed by atoms with van der Waals surface area (Å²) in [7, 11) is 0. The lowest BCUT2D eigenvalue weighted by Crippen LogP contribution is -2.55. The Kier molecular flexibility index (Phi) is 13.4. The highest BCUT2D eigenvalue weighted by atomic mass is 79.9. The van der Waals surface area contributed by atoms with Crippen LogP contribution >= 0.6 is 43.5 Å². The Labute approximate surface area is 322 Å². The topological polar surface area (TPSA) is 61.7 Å². The van der Waals surface area contributed by atoms with Crippen molar-refractivity contribution in [2.75, 3.05) is 26.2 Å². The number of benzene rings is 4. The Morgan fingerprint density at radius 2 is 0.941 bits per heavy atom. The number of rotatable bonds is 8. The van der Waals surface area contributed by atoms with Gasteiger partial charge in [0.2, 0.25) is 5.88 Å². The maximum atomic E-state index is 9.52. The first kappa shape index (κ1) is 36.9. The number of nitrogens with zero attached hydrogens (tertiary/aromatic N) is 4. The summed E-state index contributed by atoms with van der Waals surface area (Å²) >= 11 is 12.1. The Hall–Kier alpha value is -3.89. The third-order valence-corrected chi connectivity index (χ3v) is 9.80. The Bertz CT molecular complexity index is 1780. The number of pyridine rings is 2. The number of ether oxygens (including phenoxy) is 1. The van der Waals surface area contributed by atoms with E-state index < -0.39 is 0 Å². The van der Waals surface area contributed by atoms with Gasteiger partial charge in [0.1, 0.15) is 11.3 Å². The van der Waals surface area contributed by atoms with Crippen LogP contribution in [0.5, 0.6) is 5.88 Å². The summed E-state index contributed by atoms with van der Waals surface area (Å²) in [4.78, 5) is 12.9. The molecule has 9 heteroatoms. The van der Waals surface area contributed by atoms with Crippen molar-refractivity contribution in [2.24, 2.45) is 0 Å². The molecule has 0 spiro atoms. The van der Waals surface area contributed by atoms with E-state index in [1.807, 2.05) is 30.3 Å². The first-order chi connectivity index (χ1) is 24.9. The van der Waals surface area contributed by atoms with E-state index in [0.717, 1.165) is 35.1 Å². The normalized spacial score (nSPS) is 14.8. The summed E-state index contributed by atoms with van der Waals surface area (Å²) in [5, 5.41) is 10.0. The van der Waals surface area contributed by atoms with Crippen LogP contribution < -0.4 is 4.74 Å². The molecule has 0 aliphatic carbocycles. The Morgan fingerprint density at radius 3 is 1.27 bits per heavy atom. The SMILES string of the molecule is Brc1ccc(OC2CN(C(c3ccccc3)c3ccccc3)C2)nc1.Clc1ccc(Br)cn1.OC1CN(C(c2ccccc2)c2ccccc2)C1. The summed E-state index contributed by atoms with van der Waals surface area (Å²) in [5.41, 5.74) is 5.20. The van der Waals surface area contributed by atoms with Crippen LogP contribution in [0.4, 0.5) is 0 Å². The molecule has 0 radical (unpaired) electrons. The van der Waals surface area contributed by atoms with E-state index in [1.54, 1.807) is 18.5 Å². The predicted octanol–water partition coefficient (Wildman–Crippen LogP) is 9.65. The molecule has 260 valence electrons. The first-order valence-electron chi connectivity index (χ1n) is 16.8. The quantitative estimate of drug-likeness (QED) is 0.154. The molecule has 0 saturated carbocycles. The Morgan fingerprint density at radius 1 is 0.549 bits per heavy atom.